The lowest BCUT2D eigenvalue weighted by atomic mass is 10.1. The van der Waals surface area contributed by atoms with Gasteiger partial charge in [0.1, 0.15) is 11.9 Å². The third-order valence-electron chi connectivity index (χ3n) is 2.66. The molecule has 17 heavy (non-hydrogen) atoms. The van der Waals surface area contributed by atoms with Crippen LogP contribution >= 0.6 is 0 Å². The van der Waals surface area contributed by atoms with Crippen molar-refractivity contribution in [2.75, 3.05) is 13.2 Å². The number of ether oxygens (including phenoxy) is 1. The van der Waals surface area contributed by atoms with Gasteiger partial charge in [0, 0.05) is 13.0 Å². The Morgan fingerprint density at radius 2 is 2.18 bits per heavy atom. The molecule has 2 N–H and O–H groups in total. The molecule has 1 atom stereocenters. The lowest BCUT2D eigenvalue weighted by molar-refractivity contribution is 0.0918. The van der Waals surface area contributed by atoms with Crippen molar-refractivity contribution < 1.29 is 9.57 Å². The maximum absolute atomic E-state index is 5.53. The van der Waals surface area contributed by atoms with Crippen LogP contribution in [0.15, 0.2) is 29.4 Å². The van der Waals surface area contributed by atoms with Gasteiger partial charge in [-0.2, -0.15) is 0 Å². The maximum Gasteiger partial charge on any atom is 0.145 e. The first-order valence-corrected chi connectivity index (χ1v) is 5.99. The molecule has 0 radical (unpaired) electrons. The van der Waals surface area contributed by atoms with E-state index in [1.54, 1.807) is 0 Å². The summed E-state index contributed by atoms with van der Waals surface area (Å²) in [5, 5.41) is 4.05. The molecule has 0 spiro atoms. The van der Waals surface area contributed by atoms with Crippen LogP contribution in [0.25, 0.3) is 0 Å². The van der Waals surface area contributed by atoms with Crippen LogP contribution in [-0.4, -0.2) is 25.0 Å². The van der Waals surface area contributed by atoms with Crippen molar-refractivity contribution in [2.45, 2.75) is 25.9 Å². The second kappa shape index (κ2) is 5.68. The van der Waals surface area contributed by atoms with Gasteiger partial charge < -0.3 is 15.3 Å². The number of nitrogens with two attached hydrogens (primary N) is 1. The average molecular weight is 234 g/mol. The van der Waals surface area contributed by atoms with Crippen LogP contribution in [-0.2, 0) is 4.84 Å². The van der Waals surface area contributed by atoms with E-state index in [4.69, 9.17) is 15.3 Å². The zero-order valence-corrected chi connectivity index (χ0v) is 10.1. The summed E-state index contributed by atoms with van der Waals surface area (Å²) < 4.78 is 5.52. The van der Waals surface area contributed by atoms with Crippen molar-refractivity contribution in [3.63, 3.8) is 0 Å². The summed E-state index contributed by atoms with van der Waals surface area (Å²) in [5.41, 5.74) is 7.57. The molecule has 0 aliphatic carbocycles. The molecule has 1 aliphatic rings. The standard InChI is InChI=1S/C13H18N2O2/c1-2-7-16-11-5-3-10(4-6-11)13-8-12(9-14)17-15-13/h3-6,12H,2,7-9,14H2,1H3. The van der Waals surface area contributed by atoms with E-state index in [9.17, 15) is 0 Å². The average Bonchev–Trinajstić information content (AvgIpc) is 2.86. The molecule has 0 bridgehead atoms. The first-order chi connectivity index (χ1) is 8.33. The largest absolute Gasteiger partial charge is 0.494 e. The third kappa shape index (κ3) is 2.97. The first-order valence-electron chi connectivity index (χ1n) is 5.99. The Morgan fingerprint density at radius 1 is 1.41 bits per heavy atom. The highest BCUT2D eigenvalue weighted by Gasteiger charge is 2.20. The third-order valence-corrected chi connectivity index (χ3v) is 2.66. The molecule has 4 heteroatoms. The van der Waals surface area contributed by atoms with E-state index in [2.05, 4.69) is 12.1 Å². The second-order valence-electron chi connectivity index (χ2n) is 4.08. The van der Waals surface area contributed by atoms with Gasteiger partial charge in [-0.1, -0.05) is 12.1 Å². The van der Waals surface area contributed by atoms with Gasteiger partial charge in [0.25, 0.3) is 0 Å². The molecule has 0 saturated carbocycles. The summed E-state index contributed by atoms with van der Waals surface area (Å²) in [5.74, 6) is 0.894. The van der Waals surface area contributed by atoms with Gasteiger partial charge in [-0.05, 0) is 36.2 Å². The van der Waals surface area contributed by atoms with E-state index in [0.29, 0.717) is 6.54 Å². The summed E-state index contributed by atoms with van der Waals surface area (Å²) in [6.07, 6.45) is 1.83. The minimum atomic E-state index is 0.0287. The fourth-order valence-corrected chi connectivity index (χ4v) is 1.69. The highest BCUT2D eigenvalue weighted by Crippen LogP contribution is 2.19. The van der Waals surface area contributed by atoms with Crippen LogP contribution in [0, 0.1) is 0 Å². The lowest BCUT2D eigenvalue weighted by Gasteiger charge is -2.05. The number of hydrogen-bond donors (Lipinski definition) is 1. The van der Waals surface area contributed by atoms with Crippen LogP contribution in [0.1, 0.15) is 25.3 Å². The highest BCUT2D eigenvalue weighted by atomic mass is 16.6. The van der Waals surface area contributed by atoms with Crippen LogP contribution in [0.5, 0.6) is 5.75 Å². The molecule has 4 nitrogen and oxygen atoms in total. The van der Waals surface area contributed by atoms with E-state index in [1.807, 2.05) is 24.3 Å². The quantitative estimate of drug-likeness (QED) is 0.846. The Hall–Kier alpha value is -1.55. The van der Waals surface area contributed by atoms with Gasteiger partial charge >= 0.3 is 0 Å². The van der Waals surface area contributed by atoms with Crippen molar-refractivity contribution in [1.82, 2.24) is 0 Å². The van der Waals surface area contributed by atoms with E-state index in [1.165, 1.54) is 0 Å². The smallest absolute Gasteiger partial charge is 0.145 e. The van der Waals surface area contributed by atoms with E-state index in [-0.39, 0.29) is 6.10 Å². The summed E-state index contributed by atoms with van der Waals surface area (Å²) in [6, 6.07) is 7.94. The van der Waals surface area contributed by atoms with E-state index < -0.39 is 0 Å². The number of benzene rings is 1. The summed E-state index contributed by atoms with van der Waals surface area (Å²) in [7, 11) is 0. The van der Waals surface area contributed by atoms with Gasteiger partial charge in [0.2, 0.25) is 0 Å². The number of hydrogen-bond acceptors (Lipinski definition) is 4. The Labute approximate surface area is 101 Å². The molecule has 2 rings (SSSR count). The van der Waals surface area contributed by atoms with Crippen LogP contribution in [0.4, 0.5) is 0 Å². The zero-order chi connectivity index (χ0) is 12.1. The number of nitrogens with zero attached hydrogens (tertiary/aromatic N) is 1. The highest BCUT2D eigenvalue weighted by molar-refractivity contribution is 6.01. The summed E-state index contributed by atoms with van der Waals surface area (Å²) in [4.78, 5) is 5.20. The predicted octanol–water partition coefficient (Wildman–Crippen LogP) is 1.93. The van der Waals surface area contributed by atoms with Crippen molar-refractivity contribution in [3.05, 3.63) is 29.8 Å². The normalized spacial score (nSPS) is 18.7. The van der Waals surface area contributed by atoms with Crippen LogP contribution in [0.2, 0.25) is 0 Å². The second-order valence-corrected chi connectivity index (χ2v) is 4.08. The fourth-order valence-electron chi connectivity index (χ4n) is 1.69. The molecular formula is C13H18N2O2. The van der Waals surface area contributed by atoms with Crippen molar-refractivity contribution in [1.29, 1.82) is 0 Å². The maximum atomic E-state index is 5.53. The Bertz CT molecular complexity index is 387. The molecule has 1 aromatic rings. The van der Waals surface area contributed by atoms with E-state index >= 15 is 0 Å². The molecule has 0 fully saturated rings. The Morgan fingerprint density at radius 3 is 2.76 bits per heavy atom. The minimum Gasteiger partial charge on any atom is -0.494 e. The SMILES string of the molecule is CCCOc1ccc(C2=NOC(CN)C2)cc1. The molecule has 0 aromatic heterocycles. The molecule has 0 saturated heterocycles. The Balaban J connectivity index is 1.99. The van der Waals surface area contributed by atoms with Crippen molar-refractivity contribution >= 4 is 5.71 Å². The number of oxime groups is 1. The van der Waals surface area contributed by atoms with Crippen LogP contribution < -0.4 is 10.5 Å². The van der Waals surface area contributed by atoms with Gasteiger partial charge in [-0.3, -0.25) is 0 Å². The molecule has 1 unspecified atom stereocenters. The molecule has 1 heterocycles. The van der Waals surface area contributed by atoms with Gasteiger partial charge in [-0.15, -0.1) is 0 Å². The number of rotatable bonds is 5. The van der Waals surface area contributed by atoms with Gasteiger partial charge in [-0.25, -0.2) is 0 Å². The van der Waals surface area contributed by atoms with Gasteiger partial charge in [0.15, 0.2) is 0 Å². The van der Waals surface area contributed by atoms with Crippen molar-refractivity contribution in [2.24, 2.45) is 10.9 Å². The fraction of sp³-hybridized carbons (Fsp3) is 0.462. The molecule has 92 valence electrons. The monoisotopic (exact) mass is 234 g/mol. The lowest BCUT2D eigenvalue weighted by Crippen LogP contribution is -2.20. The molecule has 1 aromatic carbocycles. The summed E-state index contributed by atoms with van der Waals surface area (Å²) >= 11 is 0. The first kappa shape index (κ1) is 11.9. The van der Waals surface area contributed by atoms with E-state index in [0.717, 1.165) is 36.5 Å². The topological polar surface area (TPSA) is 56.8 Å². The molecule has 0 amide bonds. The minimum absolute atomic E-state index is 0.0287. The Kier molecular flexibility index (Phi) is 3.98. The zero-order valence-electron chi connectivity index (χ0n) is 10.1. The van der Waals surface area contributed by atoms with Gasteiger partial charge in [0.05, 0.1) is 12.3 Å². The summed E-state index contributed by atoms with van der Waals surface area (Å²) in [6.45, 7) is 3.34. The predicted molar refractivity (Wildman–Crippen MR) is 67.3 cm³/mol. The molecular weight excluding hydrogens is 216 g/mol. The van der Waals surface area contributed by atoms with Crippen LogP contribution in [0.3, 0.4) is 0 Å². The molecule has 1 aliphatic heterocycles. The van der Waals surface area contributed by atoms with Crippen molar-refractivity contribution in [3.8, 4) is 5.75 Å².